The first-order valence-corrected chi connectivity index (χ1v) is 4.08. The van der Waals surface area contributed by atoms with E-state index < -0.39 is 5.82 Å². The summed E-state index contributed by atoms with van der Waals surface area (Å²) in [6.07, 6.45) is 0. The fraction of sp³-hybridized carbons (Fsp3) is 0.300. The first-order chi connectivity index (χ1) is 7.19. The molecule has 0 saturated heterocycles. The van der Waals surface area contributed by atoms with Crippen molar-refractivity contribution >= 4 is 0 Å². The third-order valence-electron chi connectivity index (χ3n) is 1.89. The normalized spacial score (nSPS) is 9.27. The van der Waals surface area contributed by atoms with Crippen LogP contribution in [0.4, 0.5) is 4.39 Å². The van der Waals surface area contributed by atoms with E-state index >= 15 is 0 Å². The maximum atomic E-state index is 13.4. The monoisotopic (exact) mass is 211 g/mol. The number of nitrogens with zero attached hydrogens (tertiary/aromatic N) is 1. The van der Waals surface area contributed by atoms with E-state index in [9.17, 15) is 4.39 Å². The van der Waals surface area contributed by atoms with Gasteiger partial charge >= 0.3 is 0 Å². The third-order valence-corrected chi connectivity index (χ3v) is 1.89. The van der Waals surface area contributed by atoms with E-state index in [-0.39, 0.29) is 22.8 Å². The van der Waals surface area contributed by atoms with Gasteiger partial charge < -0.3 is 14.2 Å². The van der Waals surface area contributed by atoms with Crippen LogP contribution in [0.5, 0.6) is 17.2 Å². The van der Waals surface area contributed by atoms with E-state index in [4.69, 9.17) is 19.5 Å². The second-order valence-corrected chi connectivity index (χ2v) is 2.61. The fourth-order valence-electron chi connectivity index (χ4n) is 1.25. The maximum absolute atomic E-state index is 13.4. The summed E-state index contributed by atoms with van der Waals surface area (Å²) in [6, 6.07) is 2.92. The summed E-state index contributed by atoms with van der Waals surface area (Å²) in [6.45, 7) is 0. The van der Waals surface area contributed by atoms with Crippen molar-refractivity contribution in [1.82, 2.24) is 0 Å². The summed E-state index contributed by atoms with van der Waals surface area (Å²) in [7, 11) is 4.02. The lowest BCUT2D eigenvalue weighted by atomic mass is 10.1. The van der Waals surface area contributed by atoms with Gasteiger partial charge in [-0.3, -0.25) is 0 Å². The molecule has 1 aromatic carbocycles. The van der Waals surface area contributed by atoms with Gasteiger partial charge in [0.05, 0.1) is 21.3 Å². The molecule has 0 spiro atoms. The van der Waals surface area contributed by atoms with Crippen molar-refractivity contribution in [2.24, 2.45) is 0 Å². The smallest absolute Gasteiger partial charge is 0.182 e. The Morgan fingerprint density at radius 2 is 1.73 bits per heavy atom. The predicted octanol–water partition coefficient (Wildman–Crippen LogP) is 1.72. The maximum Gasteiger partial charge on any atom is 0.182 e. The molecule has 0 fully saturated rings. The highest BCUT2D eigenvalue weighted by Crippen LogP contribution is 2.38. The summed E-state index contributed by atoms with van der Waals surface area (Å²) in [5, 5.41) is 8.87. The molecule has 15 heavy (non-hydrogen) atoms. The molecule has 80 valence electrons. The third kappa shape index (κ3) is 1.79. The van der Waals surface area contributed by atoms with Crippen molar-refractivity contribution in [3.8, 4) is 23.3 Å². The van der Waals surface area contributed by atoms with Crippen molar-refractivity contribution in [1.29, 1.82) is 5.26 Å². The van der Waals surface area contributed by atoms with E-state index in [0.717, 1.165) is 6.07 Å². The number of hydrogen-bond donors (Lipinski definition) is 0. The molecule has 0 atom stereocenters. The number of benzene rings is 1. The first-order valence-electron chi connectivity index (χ1n) is 4.08. The van der Waals surface area contributed by atoms with Gasteiger partial charge in [0, 0.05) is 6.07 Å². The largest absolute Gasteiger partial charge is 0.493 e. The molecule has 5 heteroatoms. The van der Waals surface area contributed by atoms with Gasteiger partial charge in [-0.25, -0.2) is 4.39 Å². The van der Waals surface area contributed by atoms with Crippen LogP contribution in [-0.2, 0) is 0 Å². The van der Waals surface area contributed by atoms with Gasteiger partial charge in [0.1, 0.15) is 11.6 Å². The molecule has 4 nitrogen and oxygen atoms in total. The molecule has 0 aliphatic rings. The molecule has 0 radical (unpaired) electrons. The molecule has 1 aromatic rings. The molecule has 0 saturated carbocycles. The van der Waals surface area contributed by atoms with Crippen molar-refractivity contribution in [3.63, 3.8) is 0 Å². The lowest BCUT2D eigenvalue weighted by molar-refractivity contribution is 0.338. The van der Waals surface area contributed by atoms with E-state index in [2.05, 4.69) is 0 Å². The average molecular weight is 211 g/mol. The van der Waals surface area contributed by atoms with Gasteiger partial charge in [0.15, 0.2) is 23.1 Å². The molecule has 0 aliphatic heterocycles. The van der Waals surface area contributed by atoms with Gasteiger partial charge in [0.2, 0.25) is 0 Å². The molecule has 0 heterocycles. The van der Waals surface area contributed by atoms with Crippen LogP contribution in [0.1, 0.15) is 5.56 Å². The summed E-state index contributed by atoms with van der Waals surface area (Å²) in [5.41, 5.74) is -0.0168. The average Bonchev–Trinajstić information content (AvgIpc) is 2.27. The molecule has 0 amide bonds. The Morgan fingerprint density at radius 3 is 2.13 bits per heavy atom. The minimum absolute atomic E-state index is 0.0168. The van der Waals surface area contributed by atoms with Crippen molar-refractivity contribution < 1.29 is 18.6 Å². The molecular formula is C10H10FNO3. The summed E-state index contributed by atoms with van der Waals surface area (Å²) in [4.78, 5) is 0. The van der Waals surface area contributed by atoms with E-state index in [1.54, 1.807) is 0 Å². The number of methoxy groups -OCH3 is 3. The Kier molecular flexibility index (Phi) is 3.34. The highest BCUT2D eigenvalue weighted by Gasteiger charge is 2.20. The standard InChI is InChI=1S/C10H10FNO3/c1-13-8-4-7(11)9(14-2)6(5-12)10(8)15-3/h4H,1-3H3. The van der Waals surface area contributed by atoms with Crippen molar-refractivity contribution in [3.05, 3.63) is 17.4 Å². The summed E-state index contributed by atoms with van der Waals surface area (Å²) in [5.74, 6) is -0.479. The number of ether oxygens (including phenoxy) is 3. The second-order valence-electron chi connectivity index (χ2n) is 2.61. The highest BCUT2D eigenvalue weighted by molar-refractivity contribution is 5.60. The number of halogens is 1. The zero-order valence-electron chi connectivity index (χ0n) is 8.63. The number of nitriles is 1. The topological polar surface area (TPSA) is 51.5 Å². The van der Waals surface area contributed by atoms with Gasteiger partial charge in [-0.1, -0.05) is 0 Å². The van der Waals surface area contributed by atoms with Crippen molar-refractivity contribution in [2.75, 3.05) is 21.3 Å². The first kappa shape index (κ1) is 11.1. The van der Waals surface area contributed by atoms with Gasteiger partial charge in [0.25, 0.3) is 0 Å². The van der Waals surface area contributed by atoms with Crippen LogP contribution < -0.4 is 14.2 Å². The summed E-state index contributed by atoms with van der Waals surface area (Å²) >= 11 is 0. The summed E-state index contributed by atoms with van der Waals surface area (Å²) < 4.78 is 28.0. The highest BCUT2D eigenvalue weighted by atomic mass is 19.1. The molecule has 0 N–H and O–H groups in total. The molecule has 0 aliphatic carbocycles. The van der Waals surface area contributed by atoms with E-state index in [0.29, 0.717) is 0 Å². The van der Waals surface area contributed by atoms with Crippen LogP contribution in [0.2, 0.25) is 0 Å². The molecule has 0 unspecified atom stereocenters. The molecular weight excluding hydrogens is 201 g/mol. The van der Waals surface area contributed by atoms with Crippen molar-refractivity contribution in [2.45, 2.75) is 0 Å². The number of hydrogen-bond acceptors (Lipinski definition) is 4. The minimum Gasteiger partial charge on any atom is -0.493 e. The quantitative estimate of drug-likeness (QED) is 0.763. The Labute approximate surface area is 86.8 Å². The van der Waals surface area contributed by atoms with E-state index in [1.165, 1.54) is 21.3 Å². The molecule has 0 bridgehead atoms. The van der Waals surface area contributed by atoms with Gasteiger partial charge in [-0.2, -0.15) is 5.26 Å². The minimum atomic E-state index is -0.660. The lowest BCUT2D eigenvalue weighted by Gasteiger charge is -2.12. The van der Waals surface area contributed by atoms with Crippen LogP contribution in [0, 0.1) is 17.1 Å². The Morgan fingerprint density at radius 1 is 1.13 bits per heavy atom. The van der Waals surface area contributed by atoms with Crippen LogP contribution in [0.25, 0.3) is 0 Å². The molecule has 0 aromatic heterocycles. The van der Waals surface area contributed by atoms with Crippen LogP contribution in [0.15, 0.2) is 6.07 Å². The fourth-order valence-corrected chi connectivity index (χ4v) is 1.25. The zero-order valence-corrected chi connectivity index (χ0v) is 8.63. The Balaban J connectivity index is 3.54. The Hall–Kier alpha value is -1.96. The zero-order chi connectivity index (χ0) is 11.4. The lowest BCUT2D eigenvalue weighted by Crippen LogP contribution is -1.99. The number of rotatable bonds is 3. The van der Waals surface area contributed by atoms with Crippen LogP contribution in [0.3, 0.4) is 0 Å². The predicted molar refractivity (Wildman–Crippen MR) is 50.8 cm³/mol. The Bertz CT molecular complexity index is 412. The van der Waals surface area contributed by atoms with E-state index in [1.807, 2.05) is 6.07 Å². The van der Waals surface area contributed by atoms with Crippen LogP contribution in [-0.4, -0.2) is 21.3 Å². The molecule has 1 rings (SSSR count). The van der Waals surface area contributed by atoms with Crippen LogP contribution >= 0.6 is 0 Å². The second kappa shape index (κ2) is 4.51. The van der Waals surface area contributed by atoms with Gasteiger partial charge in [-0.05, 0) is 0 Å². The van der Waals surface area contributed by atoms with Gasteiger partial charge in [-0.15, -0.1) is 0 Å². The SMILES string of the molecule is COc1cc(F)c(OC)c(C#N)c1OC.